The smallest absolute Gasteiger partial charge is 0.253 e. The van der Waals surface area contributed by atoms with Gasteiger partial charge in [0, 0.05) is 42.0 Å². The van der Waals surface area contributed by atoms with Crippen LogP contribution in [0.25, 0.3) is 16.7 Å². The molecule has 3 heterocycles. The van der Waals surface area contributed by atoms with Gasteiger partial charge >= 0.3 is 0 Å². The lowest BCUT2D eigenvalue weighted by Crippen LogP contribution is -2.41. The normalized spacial score (nSPS) is 15.4. The number of amides is 2. The molecule has 2 amide bonds. The molecule has 176 valence electrons. The minimum atomic E-state index is -0.138. The number of fused-ring (bicyclic) bond motifs is 2. The molecule has 35 heavy (non-hydrogen) atoms. The average molecular weight is 469 g/mol. The number of rotatable bonds is 4. The second-order valence-corrected chi connectivity index (χ2v) is 8.77. The zero-order valence-corrected chi connectivity index (χ0v) is 19.0. The molecule has 8 nitrogen and oxygen atoms in total. The Hall–Kier alpha value is -4.33. The second kappa shape index (κ2) is 8.79. The topological polar surface area (TPSA) is 85.7 Å². The van der Waals surface area contributed by atoms with Gasteiger partial charge in [0.1, 0.15) is 6.33 Å². The Bertz CT molecular complexity index is 1400. The van der Waals surface area contributed by atoms with Gasteiger partial charge in [-0.3, -0.25) is 14.2 Å². The van der Waals surface area contributed by atoms with E-state index in [0.717, 1.165) is 16.7 Å². The number of carbonyl (C=O) groups excluding carboxylic acids is 2. The van der Waals surface area contributed by atoms with Crippen LogP contribution >= 0.6 is 0 Å². The van der Waals surface area contributed by atoms with E-state index in [4.69, 9.17) is 9.47 Å². The zero-order valence-electron chi connectivity index (χ0n) is 19.0. The number of nitrogens with one attached hydrogen (secondary N) is 1. The first-order chi connectivity index (χ1) is 17.2. The molecule has 0 saturated carbocycles. The van der Waals surface area contributed by atoms with Gasteiger partial charge in [-0.15, -0.1) is 0 Å². The maximum Gasteiger partial charge on any atom is 0.253 e. The predicted molar refractivity (Wildman–Crippen MR) is 131 cm³/mol. The number of ether oxygens (including phenoxy) is 2. The van der Waals surface area contributed by atoms with Crippen LogP contribution in [0.15, 0.2) is 73.1 Å². The summed E-state index contributed by atoms with van der Waals surface area (Å²) in [6.45, 7) is 1.29. The number of aromatic nitrogens is 2. The van der Waals surface area contributed by atoms with E-state index in [2.05, 4.69) is 10.3 Å². The quantitative estimate of drug-likeness (QED) is 0.484. The van der Waals surface area contributed by atoms with E-state index in [-0.39, 0.29) is 24.5 Å². The fourth-order valence-electron chi connectivity index (χ4n) is 4.68. The zero-order chi connectivity index (χ0) is 23.8. The number of imidazole rings is 1. The summed E-state index contributed by atoms with van der Waals surface area (Å²) in [7, 11) is 0. The third-order valence-corrected chi connectivity index (χ3v) is 6.64. The largest absolute Gasteiger partial charge is 0.454 e. The van der Waals surface area contributed by atoms with Crippen molar-refractivity contribution in [3.63, 3.8) is 0 Å². The van der Waals surface area contributed by atoms with Crippen LogP contribution in [0, 0.1) is 5.92 Å². The lowest BCUT2D eigenvalue weighted by molar-refractivity contribution is -0.121. The van der Waals surface area contributed by atoms with E-state index in [1.807, 2.05) is 58.0 Å². The summed E-state index contributed by atoms with van der Waals surface area (Å²) in [4.78, 5) is 32.1. The van der Waals surface area contributed by atoms with Crippen molar-refractivity contribution in [3.8, 4) is 17.2 Å². The molecule has 0 aliphatic carbocycles. The Morgan fingerprint density at radius 3 is 2.51 bits per heavy atom. The minimum Gasteiger partial charge on any atom is -0.454 e. The van der Waals surface area contributed by atoms with E-state index in [1.165, 1.54) is 0 Å². The summed E-state index contributed by atoms with van der Waals surface area (Å²) in [6.07, 6.45) is 3.05. The number of hydrogen-bond donors (Lipinski definition) is 1. The van der Waals surface area contributed by atoms with Crippen molar-refractivity contribution in [3.05, 3.63) is 78.6 Å². The molecule has 0 radical (unpaired) electrons. The lowest BCUT2D eigenvalue weighted by atomic mass is 9.95. The van der Waals surface area contributed by atoms with Gasteiger partial charge in [0.15, 0.2) is 11.5 Å². The number of carbonyl (C=O) groups is 2. The Labute approximate surface area is 202 Å². The molecule has 1 aromatic heterocycles. The SMILES string of the molecule is O=C(Nc1ccc2c(c1)OCO2)C1CCN(C(=O)c2ccc(-n3cnc4ccccc43)cc2)CC1. The molecule has 0 atom stereocenters. The first-order valence-corrected chi connectivity index (χ1v) is 11.7. The molecule has 8 heteroatoms. The number of likely N-dealkylation sites (tertiary alicyclic amines) is 1. The molecule has 1 fully saturated rings. The van der Waals surface area contributed by atoms with Crippen LogP contribution < -0.4 is 14.8 Å². The molecule has 1 saturated heterocycles. The van der Waals surface area contributed by atoms with Crippen LogP contribution in [-0.2, 0) is 4.79 Å². The average Bonchev–Trinajstić information content (AvgIpc) is 3.55. The molecular weight excluding hydrogens is 444 g/mol. The van der Waals surface area contributed by atoms with Crippen LogP contribution in [0.4, 0.5) is 5.69 Å². The monoisotopic (exact) mass is 468 g/mol. The third-order valence-electron chi connectivity index (χ3n) is 6.64. The Balaban J connectivity index is 1.07. The minimum absolute atomic E-state index is 0.0123. The predicted octanol–water partition coefficient (Wildman–Crippen LogP) is 4.25. The fourth-order valence-corrected chi connectivity index (χ4v) is 4.68. The van der Waals surface area contributed by atoms with Crippen molar-refractivity contribution in [1.82, 2.24) is 14.5 Å². The van der Waals surface area contributed by atoms with E-state index in [1.54, 1.807) is 24.5 Å². The van der Waals surface area contributed by atoms with Gasteiger partial charge in [0.05, 0.1) is 11.0 Å². The van der Waals surface area contributed by atoms with Gasteiger partial charge in [-0.1, -0.05) is 12.1 Å². The first-order valence-electron chi connectivity index (χ1n) is 11.7. The van der Waals surface area contributed by atoms with Gasteiger partial charge in [-0.2, -0.15) is 0 Å². The standard InChI is InChI=1S/C27H24N4O4/c32-26(29-20-7-10-24-25(15-20)35-17-34-24)18-11-13-30(14-12-18)27(33)19-5-8-21(9-6-19)31-16-28-22-3-1-2-4-23(22)31/h1-10,15-16,18H,11-14,17H2,(H,29,32). The number of hydrogen-bond acceptors (Lipinski definition) is 5. The Kier molecular flexibility index (Phi) is 5.33. The highest BCUT2D eigenvalue weighted by Gasteiger charge is 2.28. The van der Waals surface area contributed by atoms with Crippen molar-refractivity contribution in [2.24, 2.45) is 5.92 Å². The molecule has 0 unspecified atom stereocenters. The van der Waals surface area contributed by atoms with Crippen LogP contribution in [0.2, 0.25) is 0 Å². The van der Waals surface area contributed by atoms with Gasteiger partial charge in [0.2, 0.25) is 12.7 Å². The molecular formula is C27H24N4O4. The van der Waals surface area contributed by atoms with Crippen LogP contribution in [0.5, 0.6) is 11.5 Å². The fraction of sp³-hybridized carbons (Fsp3) is 0.222. The van der Waals surface area contributed by atoms with Crippen molar-refractivity contribution >= 4 is 28.5 Å². The van der Waals surface area contributed by atoms with Crippen molar-refractivity contribution < 1.29 is 19.1 Å². The third kappa shape index (κ3) is 4.07. The molecule has 1 N–H and O–H groups in total. The second-order valence-electron chi connectivity index (χ2n) is 8.77. The Morgan fingerprint density at radius 2 is 1.69 bits per heavy atom. The lowest BCUT2D eigenvalue weighted by Gasteiger charge is -2.31. The molecule has 0 spiro atoms. The Morgan fingerprint density at radius 1 is 0.914 bits per heavy atom. The van der Waals surface area contributed by atoms with Gasteiger partial charge in [-0.05, 0) is 61.4 Å². The van der Waals surface area contributed by atoms with Gasteiger partial charge < -0.3 is 19.7 Å². The highest BCUT2D eigenvalue weighted by molar-refractivity contribution is 5.95. The number of piperidine rings is 1. The highest BCUT2D eigenvalue weighted by atomic mass is 16.7. The first kappa shape index (κ1) is 21.2. The van der Waals surface area contributed by atoms with Crippen LogP contribution in [0.1, 0.15) is 23.2 Å². The van der Waals surface area contributed by atoms with Gasteiger partial charge in [-0.25, -0.2) is 4.98 Å². The summed E-state index contributed by atoms with van der Waals surface area (Å²) in [5.41, 5.74) is 4.23. The van der Waals surface area contributed by atoms with Crippen LogP contribution in [0.3, 0.4) is 0 Å². The summed E-state index contributed by atoms with van der Waals surface area (Å²) in [5.74, 6) is 1.13. The molecule has 6 rings (SSSR count). The maximum atomic E-state index is 13.1. The van der Waals surface area contributed by atoms with Crippen molar-refractivity contribution in [1.29, 1.82) is 0 Å². The van der Waals surface area contributed by atoms with E-state index < -0.39 is 0 Å². The molecule has 2 aliphatic rings. The van der Waals surface area contributed by atoms with Crippen LogP contribution in [-0.4, -0.2) is 46.1 Å². The van der Waals surface area contributed by atoms with E-state index >= 15 is 0 Å². The summed E-state index contributed by atoms with van der Waals surface area (Å²) < 4.78 is 12.7. The highest BCUT2D eigenvalue weighted by Crippen LogP contribution is 2.34. The molecule has 0 bridgehead atoms. The summed E-state index contributed by atoms with van der Waals surface area (Å²) in [5, 5.41) is 2.96. The van der Waals surface area contributed by atoms with Crippen molar-refractivity contribution in [2.45, 2.75) is 12.8 Å². The van der Waals surface area contributed by atoms with E-state index in [9.17, 15) is 9.59 Å². The van der Waals surface area contributed by atoms with Gasteiger partial charge in [0.25, 0.3) is 5.91 Å². The van der Waals surface area contributed by atoms with E-state index in [0.29, 0.717) is 48.7 Å². The number of nitrogens with zero attached hydrogens (tertiary/aromatic N) is 3. The van der Waals surface area contributed by atoms with Crippen molar-refractivity contribution in [2.75, 3.05) is 25.2 Å². The molecule has 4 aromatic rings. The summed E-state index contributed by atoms with van der Waals surface area (Å²) in [6, 6.07) is 20.9. The maximum absolute atomic E-state index is 13.1. The molecule has 2 aliphatic heterocycles. The molecule has 3 aromatic carbocycles. The number of para-hydroxylation sites is 2. The number of anilines is 1. The summed E-state index contributed by atoms with van der Waals surface area (Å²) >= 11 is 0. The number of benzene rings is 3.